The Balaban J connectivity index is 2.01. The molecule has 0 bridgehead atoms. The molecule has 1 heterocycles. The molecule has 84 valence electrons. The third-order valence-corrected chi connectivity index (χ3v) is 3.46. The summed E-state index contributed by atoms with van der Waals surface area (Å²) >= 11 is 0. The van der Waals surface area contributed by atoms with Crippen molar-refractivity contribution in [1.82, 2.24) is 15.1 Å². The molecule has 1 aromatic heterocycles. The van der Waals surface area contributed by atoms with Gasteiger partial charge in [-0.1, -0.05) is 26.2 Å². The van der Waals surface area contributed by atoms with Gasteiger partial charge in [0.25, 0.3) is 0 Å². The highest BCUT2D eigenvalue weighted by atomic mass is 15.3. The topological polar surface area (TPSA) is 29.9 Å². The molecule has 0 amide bonds. The van der Waals surface area contributed by atoms with Gasteiger partial charge in [-0.25, -0.2) is 0 Å². The van der Waals surface area contributed by atoms with Crippen LogP contribution in [0.25, 0.3) is 0 Å². The van der Waals surface area contributed by atoms with Crippen molar-refractivity contribution in [1.29, 1.82) is 0 Å². The van der Waals surface area contributed by atoms with Gasteiger partial charge in [-0.2, -0.15) is 5.10 Å². The van der Waals surface area contributed by atoms with E-state index >= 15 is 0 Å². The van der Waals surface area contributed by atoms with Crippen molar-refractivity contribution >= 4 is 0 Å². The summed E-state index contributed by atoms with van der Waals surface area (Å²) in [7, 11) is 2.03. The lowest BCUT2D eigenvalue weighted by Gasteiger charge is -2.30. The second-order valence-corrected chi connectivity index (χ2v) is 4.52. The fourth-order valence-corrected chi connectivity index (χ4v) is 2.34. The standard InChI is InChI=1S/C12H21N3/c1-3-13-11(9-10-5-4-6-10)12-7-8-14-15(12)2/h7-8,10-11,13H,3-6,9H2,1-2H3. The van der Waals surface area contributed by atoms with Crippen LogP contribution in [-0.4, -0.2) is 16.3 Å². The van der Waals surface area contributed by atoms with Crippen LogP contribution in [0.2, 0.25) is 0 Å². The van der Waals surface area contributed by atoms with Crippen molar-refractivity contribution in [2.45, 2.75) is 38.6 Å². The number of aromatic nitrogens is 2. The van der Waals surface area contributed by atoms with Crippen LogP contribution in [0.4, 0.5) is 0 Å². The number of nitrogens with zero attached hydrogens (tertiary/aromatic N) is 2. The van der Waals surface area contributed by atoms with Crippen molar-refractivity contribution in [2.24, 2.45) is 13.0 Å². The van der Waals surface area contributed by atoms with Gasteiger partial charge >= 0.3 is 0 Å². The molecule has 1 unspecified atom stereocenters. The van der Waals surface area contributed by atoms with E-state index in [0.717, 1.165) is 12.5 Å². The van der Waals surface area contributed by atoms with E-state index in [2.05, 4.69) is 23.4 Å². The summed E-state index contributed by atoms with van der Waals surface area (Å²) in [5, 5.41) is 7.81. The maximum Gasteiger partial charge on any atom is 0.0550 e. The fraction of sp³-hybridized carbons (Fsp3) is 0.750. The summed E-state index contributed by atoms with van der Waals surface area (Å²) in [6, 6.07) is 2.62. The molecular formula is C12H21N3. The average Bonchev–Trinajstić information content (AvgIpc) is 2.56. The molecule has 1 aliphatic rings. The van der Waals surface area contributed by atoms with Crippen LogP contribution in [0.1, 0.15) is 44.3 Å². The van der Waals surface area contributed by atoms with E-state index in [1.54, 1.807) is 0 Å². The van der Waals surface area contributed by atoms with E-state index in [0.29, 0.717) is 6.04 Å². The van der Waals surface area contributed by atoms with Gasteiger partial charge in [-0.3, -0.25) is 4.68 Å². The second-order valence-electron chi connectivity index (χ2n) is 4.52. The molecule has 1 atom stereocenters. The van der Waals surface area contributed by atoms with E-state index in [1.807, 2.05) is 17.9 Å². The highest BCUT2D eigenvalue weighted by molar-refractivity contribution is 5.07. The lowest BCUT2D eigenvalue weighted by atomic mass is 9.80. The monoisotopic (exact) mass is 207 g/mol. The van der Waals surface area contributed by atoms with E-state index in [1.165, 1.54) is 31.4 Å². The Morgan fingerprint density at radius 1 is 1.60 bits per heavy atom. The first kappa shape index (κ1) is 10.7. The van der Waals surface area contributed by atoms with Gasteiger partial charge < -0.3 is 5.32 Å². The van der Waals surface area contributed by atoms with Gasteiger partial charge in [0.1, 0.15) is 0 Å². The second kappa shape index (κ2) is 4.79. The van der Waals surface area contributed by atoms with Gasteiger partial charge in [0.15, 0.2) is 0 Å². The summed E-state index contributed by atoms with van der Waals surface area (Å²) < 4.78 is 1.99. The molecular weight excluding hydrogens is 186 g/mol. The Hall–Kier alpha value is -0.830. The molecule has 1 N–H and O–H groups in total. The summed E-state index contributed by atoms with van der Waals surface area (Å²) in [5.41, 5.74) is 1.32. The normalized spacial score (nSPS) is 18.8. The Morgan fingerprint density at radius 3 is 2.87 bits per heavy atom. The predicted molar refractivity (Wildman–Crippen MR) is 61.6 cm³/mol. The molecule has 3 heteroatoms. The summed E-state index contributed by atoms with van der Waals surface area (Å²) in [4.78, 5) is 0. The van der Waals surface area contributed by atoms with E-state index in [9.17, 15) is 0 Å². The van der Waals surface area contributed by atoms with Crippen molar-refractivity contribution in [2.75, 3.05) is 6.54 Å². The van der Waals surface area contributed by atoms with Crippen LogP contribution in [0.5, 0.6) is 0 Å². The minimum atomic E-state index is 0.493. The largest absolute Gasteiger partial charge is 0.309 e. The third kappa shape index (κ3) is 2.40. The van der Waals surface area contributed by atoms with Crippen LogP contribution in [0.3, 0.4) is 0 Å². The summed E-state index contributed by atoms with van der Waals surface area (Å²) in [6.45, 7) is 3.20. The zero-order valence-electron chi connectivity index (χ0n) is 9.74. The lowest BCUT2D eigenvalue weighted by Crippen LogP contribution is -2.27. The SMILES string of the molecule is CCNC(CC1CCC1)c1ccnn1C. The Morgan fingerprint density at radius 2 is 2.40 bits per heavy atom. The van der Waals surface area contributed by atoms with Crippen molar-refractivity contribution in [3.05, 3.63) is 18.0 Å². The van der Waals surface area contributed by atoms with Crippen molar-refractivity contribution in [3.8, 4) is 0 Å². The Bertz CT molecular complexity index is 302. The third-order valence-electron chi connectivity index (χ3n) is 3.46. The van der Waals surface area contributed by atoms with Gasteiger partial charge in [-0.15, -0.1) is 0 Å². The first-order chi connectivity index (χ1) is 7.31. The first-order valence-corrected chi connectivity index (χ1v) is 6.02. The number of rotatable bonds is 5. The first-order valence-electron chi connectivity index (χ1n) is 6.02. The maximum absolute atomic E-state index is 4.25. The highest BCUT2D eigenvalue weighted by Crippen LogP contribution is 2.34. The summed E-state index contributed by atoms with van der Waals surface area (Å²) in [5.74, 6) is 0.934. The molecule has 15 heavy (non-hydrogen) atoms. The van der Waals surface area contributed by atoms with Gasteiger partial charge in [-0.05, 0) is 24.9 Å². The van der Waals surface area contributed by atoms with E-state index < -0.39 is 0 Å². The smallest absolute Gasteiger partial charge is 0.0550 e. The molecule has 0 aromatic carbocycles. The minimum Gasteiger partial charge on any atom is -0.309 e. The van der Waals surface area contributed by atoms with E-state index in [4.69, 9.17) is 0 Å². The van der Waals surface area contributed by atoms with Crippen LogP contribution in [0.15, 0.2) is 12.3 Å². The number of nitrogens with one attached hydrogen (secondary N) is 1. The molecule has 2 rings (SSSR count). The van der Waals surface area contributed by atoms with E-state index in [-0.39, 0.29) is 0 Å². The molecule has 0 aliphatic heterocycles. The molecule has 0 saturated heterocycles. The van der Waals surface area contributed by atoms with Crippen molar-refractivity contribution < 1.29 is 0 Å². The zero-order valence-corrected chi connectivity index (χ0v) is 9.74. The van der Waals surface area contributed by atoms with Gasteiger partial charge in [0.2, 0.25) is 0 Å². The fourth-order valence-electron chi connectivity index (χ4n) is 2.34. The molecule has 1 fully saturated rings. The minimum absolute atomic E-state index is 0.493. The Kier molecular flexibility index (Phi) is 3.41. The molecule has 1 saturated carbocycles. The van der Waals surface area contributed by atoms with Gasteiger partial charge in [0.05, 0.1) is 5.69 Å². The predicted octanol–water partition coefficient (Wildman–Crippen LogP) is 2.26. The molecule has 1 aliphatic carbocycles. The summed E-state index contributed by atoms with van der Waals surface area (Å²) in [6.07, 6.45) is 7.42. The van der Waals surface area contributed by atoms with Crippen LogP contribution < -0.4 is 5.32 Å². The van der Waals surface area contributed by atoms with Crippen LogP contribution in [-0.2, 0) is 7.05 Å². The quantitative estimate of drug-likeness (QED) is 0.802. The zero-order chi connectivity index (χ0) is 10.7. The molecule has 0 radical (unpaired) electrons. The average molecular weight is 207 g/mol. The Labute approximate surface area is 91.9 Å². The van der Waals surface area contributed by atoms with Gasteiger partial charge in [0, 0.05) is 19.3 Å². The number of hydrogen-bond donors (Lipinski definition) is 1. The highest BCUT2D eigenvalue weighted by Gasteiger charge is 2.23. The maximum atomic E-state index is 4.25. The number of hydrogen-bond acceptors (Lipinski definition) is 2. The molecule has 3 nitrogen and oxygen atoms in total. The van der Waals surface area contributed by atoms with Crippen molar-refractivity contribution in [3.63, 3.8) is 0 Å². The van der Waals surface area contributed by atoms with Crippen LogP contribution >= 0.6 is 0 Å². The number of aryl methyl sites for hydroxylation is 1. The molecule has 0 spiro atoms. The van der Waals surface area contributed by atoms with Crippen LogP contribution in [0, 0.1) is 5.92 Å². The molecule has 1 aromatic rings. The lowest BCUT2D eigenvalue weighted by molar-refractivity contribution is 0.258.